The number of likely N-dealkylation sites (tertiary alicyclic amines) is 1. The molecule has 2 atom stereocenters. The van der Waals surface area contributed by atoms with Crippen molar-refractivity contribution >= 4 is 5.91 Å². The molecule has 1 N–H and O–H groups in total. The van der Waals surface area contributed by atoms with Gasteiger partial charge in [-0.1, -0.05) is 18.2 Å². The van der Waals surface area contributed by atoms with Gasteiger partial charge in [-0.3, -0.25) is 4.79 Å². The van der Waals surface area contributed by atoms with Crippen LogP contribution in [0.1, 0.15) is 15.9 Å². The van der Waals surface area contributed by atoms with E-state index in [4.69, 9.17) is 0 Å². The molecule has 0 spiro atoms. The van der Waals surface area contributed by atoms with E-state index >= 15 is 0 Å². The third kappa shape index (κ3) is 3.43. The van der Waals surface area contributed by atoms with Gasteiger partial charge in [0.15, 0.2) is 0 Å². The summed E-state index contributed by atoms with van der Waals surface area (Å²) in [5.74, 6) is -0.175. The fourth-order valence-corrected chi connectivity index (χ4v) is 4.00. The highest BCUT2D eigenvalue weighted by atomic mass is 19.4. The lowest BCUT2D eigenvalue weighted by atomic mass is 9.97. The van der Waals surface area contributed by atoms with Gasteiger partial charge >= 0.3 is 6.18 Å². The molecule has 2 aromatic rings. The van der Waals surface area contributed by atoms with Crippen molar-refractivity contribution in [3.63, 3.8) is 0 Å². The van der Waals surface area contributed by atoms with Crippen LogP contribution in [0.2, 0.25) is 0 Å². The third-order valence-corrected chi connectivity index (χ3v) is 5.39. The molecule has 7 heteroatoms. The Labute approximate surface area is 154 Å². The Morgan fingerprint density at radius 1 is 1.04 bits per heavy atom. The molecule has 0 aliphatic carbocycles. The normalized spacial score (nSPS) is 22.1. The first-order valence-corrected chi connectivity index (χ1v) is 8.80. The van der Waals surface area contributed by atoms with E-state index in [1.54, 1.807) is 4.90 Å². The minimum atomic E-state index is -4.49. The minimum absolute atomic E-state index is 0.0993. The van der Waals surface area contributed by atoms with Crippen LogP contribution in [0.15, 0.2) is 42.5 Å². The smallest absolute Gasteiger partial charge is 0.338 e. The van der Waals surface area contributed by atoms with Crippen molar-refractivity contribution < 1.29 is 22.4 Å². The van der Waals surface area contributed by atoms with Crippen molar-refractivity contribution in [3.05, 3.63) is 59.4 Å². The lowest BCUT2D eigenvalue weighted by Gasteiger charge is -2.20. The molecule has 0 bridgehead atoms. The van der Waals surface area contributed by atoms with Crippen molar-refractivity contribution in [2.24, 2.45) is 11.8 Å². The molecule has 0 aromatic heterocycles. The highest BCUT2D eigenvalue weighted by molar-refractivity contribution is 6.01. The van der Waals surface area contributed by atoms with Crippen LogP contribution in [0.25, 0.3) is 11.1 Å². The maximum absolute atomic E-state index is 13.8. The molecule has 1 amide bonds. The highest BCUT2D eigenvalue weighted by Gasteiger charge is 2.39. The quantitative estimate of drug-likeness (QED) is 0.807. The molecule has 2 heterocycles. The Morgan fingerprint density at radius 2 is 1.74 bits per heavy atom. The van der Waals surface area contributed by atoms with Crippen LogP contribution < -0.4 is 5.32 Å². The summed E-state index contributed by atoms with van der Waals surface area (Å²) in [4.78, 5) is 14.7. The number of hydrogen-bond donors (Lipinski definition) is 1. The van der Waals surface area contributed by atoms with Crippen LogP contribution in [-0.4, -0.2) is 37.0 Å². The van der Waals surface area contributed by atoms with Crippen LogP contribution in [0.4, 0.5) is 17.6 Å². The predicted octanol–water partition coefficient (Wildman–Crippen LogP) is 3.80. The molecule has 2 aliphatic rings. The number of carbonyl (C=O) groups is 1. The number of halogens is 4. The second-order valence-electron chi connectivity index (χ2n) is 7.16. The second-order valence-corrected chi connectivity index (χ2v) is 7.16. The van der Waals surface area contributed by atoms with E-state index in [9.17, 15) is 22.4 Å². The minimum Gasteiger partial charge on any atom is -0.338 e. The van der Waals surface area contributed by atoms with Gasteiger partial charge in [-0.05, 0) is 47.2 Å². The SMILES string of the molecule is O=C(c1cc(F)ccc1-c1cccc(C(F)(F)F)c1)N1C[C@H]2CNC[C@H]2C1. The fraction of sp³-hybridized carbons (Fsp3) is 0.350. The highest BCUT2D eigenvalue weighted by Crippen LogP contribution is 2.34. The summed E-state index contributed by atoms with van der Waals surface area (Å²) < 4.78 is 53.0. The summed E-state index contributed by atoms with van der Waals surface area (Å²) in [5, 5.41) is 3.29. The average Bonchev–Trinajstić information content (AvgIpc) is 3.22. The van der Waals surface area contributed by atoms with E-state index in [2.05, 4.69) is 5.32 Å². The number of amides is 1. The summed E-state index contributed by atoms with van der Waals surface area (Å²) in [7, 11) is 0. The van der Waals surface area contributed by atoms with Gasteiger partial charge in [-0.25, -0.2) is 4.39 Å². The van der Waals surface area contributed by atoms with E-state index < -0.39 is 17.6 Å². The van der Waals surface area contributed by atoms with Crippen LogP contribution in [0, 0.1) is 17.7 Å². The van der Waals surface area contributed by atoms with Crippen LogP contribution in [0.3, 0.4) is 0 Å². The predicted molar refractivity (Wildman–Crippen MR) is 92.6 cm³/mol. The van der Waals surface area contributed by atoms with E-state index in [0.717, 1.165) is 37.4 Å². The molecule has 0 radical (unpaired) electrons. The summed E-state index contributed by atoms with van der Waals surface area (Å²) in [6.45, 7) is 2.85. The lowest BCUT2D eigenvalue weighted by molar-refractivity contribution is -0.137. The topological polar surface area (TPSA) is 32.3 Å². The van der Waals surface area contributed by atoms with Crippen LogP contribution >= 0.6 is 0 Å². The van der Waals surface area contributed by atoms with Gasteiger partial charge in [0.05, 0.1) is 11.1 Å². The molecular weight excluding hydrogens is 360 g/mol. The van der Waals surface area contributed by atoms with Gasteiger partial charge in [-0.2, -0.15) is 13.2 Å². The van der Waals surface area contributed by atoms with Gasteiger partial charge in [0, 0.05) is 26.2 Å². The standard InChI is InChI=1S/C20H18F4N2O/c21-16-4-5-17(12-2-1-3-15(6-12)20(22,23)24)18(7-16)19(27)26-10-13-8-25-9-14(13)11-26/h1-7,13-14,25H,8-11H2/t13-,14+. The lowest BCUT2D eigenvalue weighted by Crippen LogP contribution is -2.32. The molecule has 2 fully saturated rings. The average molecular weight is 378 g/mol. The summed E-state index contributed by atoms with van der Waals surface area (Å²) in [5.41, 5.74) is -0.149. The van der Waals surface area contributed by atoms with Gasteiger partial charge in [-0.15, -0.1) is 0 Å². The van der Waals surface area contributed by atoms with Crippen molar-refractivity contribution in [1.29, 1.82) is 0 Å². The van der Waals surface area contributed by atoms with Crippen molar-refractivity contribution in [2.75, 3.05) is 26.2 Å². The molecule has 142 valence electrons. The summed E-state index contributed by atoms with van der Waals surface area (Å²) in [6.07, 6.45) is -4.49. The summed E-state index contributed by atoms with van der Waals surface area (Å²) >= 11 is 0. The molecule has 2 aromatic carbocycles. The molecule has 27 heavy (non-hydrogen) atoms. The number of fused-ring (bicyclic) bond motifs is 1. The zero-order chi connectivity index (χ0) is 19.2. The van der Waals surface area contributed by atoms with Crippen LogP contribution in [0.5, 0.6) is 0 Å². The first-order chi connectivity index (χ1) is 12.8. The number of rotatable bonds is 2. The largest absolute Gasteiger partial charge is 0.416 e. The molecule has 0 saturated carbocycles. The Morgan fingerprint density at radius 3 is 2.41 bits per heavy atom. The number of hydrogen-bond acceptors (Lipinski definition) is 2. The number of benzene rings is 2. The number of nitrogens with one attached hydrogen (secondary N) is 1. The molecule has 2 saturated heterocycles. The zero-order valence-electron chi connectivity index (χ0n) is 14.4. The molecular formula is C20H18F4N2O. The maximum Gasteiger partial charge on any atom is 0.416 e. The first kappa shape index (κ1) is 18.0. The molecule has 2 aliphatic heterocycles. The fourth-order valence-electron chi connectivity index (χ4n) is 4.00. The Bertz CT molecular complexity index is 869. The van der Waals surface area contributed by atoms with Crippen molar-refractivity contribution in [3.8, 4) is 11.1 Å². The van der Waals surface area contributed by atoms with E-state index in [-0.39, 0.29) is 17.0 Å². The number of nitrogens with zero attached hydrogens (tertiary/aromatic N) is 1. The van der Waals surface area contributed by atoms with Gasteiger partial charge in [0.1, 0.15) is 5.82 Å². The van der Waals surface area contributed by atoms with E-state index in [1.807, 2.05) is 0 Å². The first-order valence-electron chi connectivity index (χ1n) is 8.80. The second kappa shape index (κ2) is 6.64. The van der Waals surface area contributed by atoms with E-state index in [1.165, 1.54) is 18.2 Å². The van der Waals surface area contributed by atoms with Crippen molar-refractivity contribution in [1.82, 2.24) is 10.2 Å². The molecule has 4 rings (SSSR count). The zero-order valence-corrected chi connectivity index (χ0v) is 14.4. The Balaban J connectivity index is 1.70. The third-order valence-electron chi connectivity index (χ3n) is 5.39. The Kier molecular flexibility index (Phi) is 4.42. The number of carbonyl (C=O) groups excluding carboxylic acids is 1. The van der Waals surface area contributed by atoms with E-state index in [0.29, 0.717) is 30.5 Å². The van der Waals surface area contributed by atoms with Gasteiger partial charge < -0.3 is 10.2 Å². The van der Waals surface area contributed by atoms with Crippen molar-refractivity contribution in [2.45, 2.75) is 6.18 Å². The maximum atomic E-state index is 13.8. The van der Waals surface area contributed by atoms with Gasteiger partial charge in [0.25, 0.3) is 5.91 Å². The molecule has 0 unspecified atom stereocenters. The number of alkyl halides is 3. The summed E-state index contributed by atoms with van der Waals surface area (Å²) in [6, 6.07) is 8.41. The Hall–Kier alpha value is -2.41. The van der Waals surface area contributed by atoms with Crippen LogP contribution in [-0.2, 0) is 6.18 Å². The van der Waals surface area contributed by atoms with Gasteiger partial charge in [0.2, 0.25) is 0 Å². The monoisotopic (exact) mass is 378 g/mol. The molecule has 3 nitrogen and oxygen atoms in total.